The van der Waals surface area contributed by atoms with Crippen LogP contribution in [0.3, 0.4) is 0 Å². The van der Waals surface area contributed by atoms with Gasteiger partial charge in [0, 0.05) is 36.6 Å². The fourth-order valence-corrected chi connectivity index (χ4v) is 3.29. The lowest BCUT2D eigenvalue weighted by Gasteiger charge is -2.27. The second kappa shape index (κ2) is 6.09. The Morgan fingerprint density at radius 2 is 2.00 bits per heavy atom. The predicted molar refractivity (Wildman–Crippen MR) is 83.9 cm³/mol. The number of fused-ring (bicyclic) bond motifs is 1. The Hall–Kier alpha value is -2.51. The molecule has 1 amide bonds. The van der Waals surface area contributed by atoms with Gasteiger partial charge in [-0.15, -0.1) is 0 Å². The van der Waals surface area contributed by atoms with E-state index in [4.69, 9.17) is 5.11 Å². The van der Waals surface area contributed by atoms with E-state index in [1.54, 1.807) is 6.20 Å². The van der Waals surface area contributed by atoms with Gasteiger partial charge < -0.3 is 15.0 Å². The van der Waals surface area contributed by atoms with Gasteiger partial charge in [0.25, 0.3) is 0 Å². The van der Waals surface area contributed by atoms with Crippen LogP contribution in [0.25, 0.3) is 10.9 Å². The minimum atomic E-state index is -4.88. The minimum Gasteiger partial charge on any atom is -0.481 e. The average molecular weight is 354 g/mol. The number of halogens is 3. The SMILES string of the molecule is O=C(CCc1c[nH]c2ccccc12)N1CCC(C(=O)O)(C(F)(F)F)C1. The van der Waals surface area contributed by atoms with Gasteiger partial charge in [-0.05, 0) is 24.5 Å². The molecule has 134 valence electrons. The molecule has 1 aliphatic rings. The van der Waals surface area contributed by atoms with Crippen molar-refractivity contribution in [3.63, 3.8) is 0 Å². The van der Waals surface area contributed by atoms with Crippen LogP contribution in [-0.2, 0) is 16.0 Å². The fraction of sp³-hybridized carbons (Fsp3) is 0.412. The van der Waals surface area contributed by atoms with E-state index in [-0.39, 0.29) is 13.0 Å². The van der Waals surface area contributed by atoms with Crippen molar-refractivity contribution in [1.82, 2.24) is 9.88 Å². The Morgan fingerprint density at radius 1 is 1.28 bits per heavy atom. The molecule has 0 spiro atoms. The van der Waals surface area contributed by atoms with E-state index in [1.807, 2.05) is 24.3 Å². The molecule has 1 aromatic carbocycles. The summed E-state index contributed by atoms with van der Waals surface area (Å²) < 4.78 is 39.5. The molecule has 0 bridgehead atoms. The average Bonchev–Trinajstić information content (AvgIpc) is 3.17. The fourth-order valence-electron chi connectivity index (χ4n) is 3.29. The maximum absolute atomic E-state index is 13.2. The number of aliphatic carboxylic acids is 1. The first-order valence-electron chi connectivity index (χ1n) is 7.87. The number of alkyl halides is 3. The number of carbonyl (C=O) groups is 2. The molecule has 2 aromatic rings. The number of hydrogen-bond donors (Lipinski definition) is 2. The van der Waals surface area contributed by atoms with Crippen LogP contribution < -0.4 is 0 Å². The predicted octanol–water partition coefficient (Wildman–Crippen LogP) is 2.97. The lowest BCUT2D eigenvalue weighted by atomic mass is 9.86. The molecule has 1 unspecified atom stereocenters. The maximum Gasteiger partial charge on any atom is 0.406 e. The van der Waals surface area contributed by atoms with Gasteiger partial charge in [0.15, 0.2) is 5.41 Å². The third-order valence-electron chi connectivity index (χ3n) is 4.86. The van der Waals surface area contributed by atoms with Gasteiger partial charge in [-0.3, -0.25) is 9.59 Å². The third kappa shape index (κ3) is 2.96. The molecule has 1 aliphatic heterocycles. The van der Waals surface area contributed by atoms with Crippen LogP contribution in [0, 0.1) is 5.41 Å². The highest BCUT2D eigenvalue weighted by molar-refractivity contribution is 5.85. The molecule has 1 fully saturated rings. The number of H-pyrrole nitrogens is 1. The summed E-state index contributed by atoms with van der Waals surface area (Å²) in [6.45, 7) is -1.02. The van der Waals surface area contributed by atoms with Gasteiger partial charge in [-0.1, -0.05) is 18.2 Å². The Kier molecular flexibility index (Phi) is 4.22. The standard InChI is InChI=1S/C17H17F3N2O3/c18-17(19,20)16(15(24)25)7-8-22(10-16)14(23)6-5-11-9-21-13-4-2-1-3-12(11)13/h1-4,9,21H,5-8,10H2,(H,24,25). The van der Waals surface area contributed by atoms with Crippen molar-refractivity contribution in [3.05, 3.63) is 36.0 Å². The van der Waals surface area contributed by atoms with Crippen LogP contribution >= 0.6 is 0 Å². The molecule has 5 nitrogen and oxygen atoms in total. The van der Waals surface area contributed by atoms with Gasteiger partial charge in [-0.25, -0.2) is 0 Å². The number of para-hydroxylation sites is 1. The van der Waals surface area contributed by atoms with Gasteiger partial charge in [0.1, 0.15) is 0 Å². The van der Waals surface area contributed by atoms with Crippen LogP contribution in [0.5, 0.6) is 0 Å². The molecule has 0 aliphatic carbocycles. The van der Waals surface area contributed by atoms with Crippen LogP contribution in [0.1, 0.15) is 18.4 Å². The largest absolute Gasteiger partial charge is 0.481 e. The van der Waals surface area contributed by atoms with Crippen molar-refractivity contribution in [2.24, 2.45) is 5.41 Å². The lowest BCUT2D eigenvalue weighted by Crippen LogP contribution is -2.47. The highest BCUT2D eigenvalue weighted by Gasteiger charge is 2.64. The van der Waals surface area contributed by atoms with Crippen LogP contribution in [0.15, 0.2) is 30.5 Å². The van der Waals surface area contributed by atoms with E-state index in [9.17, 15) is 22.8 Å². The minimum absolute atomic E-state index is 0.0371. The number of nitrogens with one attached hydrogen (secondary N) is 1. The molecule has 0 radical (unpaired) electrons. The molecule has 1 saturated heterocycles. The third-order valence-corrected chi connectivity index (χ3v) is 4.86. The van der Waals surface area contributed by atoms with E-state index in [0.29, 0.717) is 6.42 Å². The molecule has 2 N–H and O–H groups in total. The zero-order chi connectivity index (χ0) is 18.2. The summed E-state index contributed by atoms with van der Waals surface area (Å²) in [4.78, 5) is 27.5. The summed E-state index contributed by atoms with van der Waals surface area (Å²) in [5.74, 6) is -2.38. The van der Waals surface area contributed by atoms with Crippen molar-refractivity contribution in [1.29, 1.82) is 0 Å². The summed E-state index contributed by atoms with van der Waals surface area (Å²) in [5.41, 5.74) is -1.03. The van der Waals surface area contributed by atoms with Crippen molar-refractivity contribution >= 4 is 22.8 Å². The zero-order valence-corrected chi connectivity index (χ0v) is 13.3. The van der Waals surface area contributed by atoms with Gasteiger partial charge >= 0.3 is 12.1 Å². The van der Waals surface area contributed by atoms with E-state index in [1.165, 1.54) is 0 Å². The van der Waals surface area contributed by atoms with Crippen LogP contribution in [-0.4, -0.2) is 46.1 Å². The Bertz CT molecular complexity index is 815. The van der Waals surface area contributed by atoms with Gasteiger partial charge in [0.05, 0.1) is 0 Å². The maximum atomic E-state index is 13.2. The smallest absolute Gasteiger partial charge is 0.406 e. The quantitative estimate of drug-likeness (QED) is 0.887. The number of rotatable bonds is 4. The van der Waals surface area contributed by atoms with E-state index in [0.717, 1.165) is 21.4 Å². The topological polar surface area (TPSA) is 73.4 Å². The summed E-state index contributed by atoms with van der Waals surface area (Å²) >= 11 is 0. The number of carbonyl (C=O) groups excluding carboxylic acids is 1. The molecule has 1 aromatic heterocycles. The van der Waals surface area contributed by atoms with Crippen molar-refractivity contribution in [2.75, 3.05) is 13.1 Å². The monoisotopic (exact) mass is 354 g/mol. The number of aromatic nitrogens is 1. The van der Waals surface area contributed by atoms with Gasteiger partial charge in [-0.2, -0.15) is 13.2 Å². The molecule has 25 heavy (non-hydrogen) atoms. The molecular formula is C17H17F3N2O3. The molecule has 1 atom stereocenters. The number of likely N-dealkylation sites (tertiary alicyclic amines) is 1. The number of aromatic amines is 1. The number of carboxylic acid groups (broad SMARTS) is 1. The number of aryl methyl sites for hydroxylation is 1. The van der Waals surface area contributed by atoms with Crippen molar-refractivity contribution < 1.29 is 27.9 Å². The number of benzene rings is 1. The molecule has 3 rings (SSSR count). The number of carboxylic acids is 1. The number of nitrogens with zero attached hydrogens (tertiary/aromatic N) is 1. The summed E-state index contributed by atoms with van der Waals surface area (Å²) in [6.07, 6.45) is -3.30. The summed E-state index contributed by atoms with van der Waals surface area (Å²) in [7, 11) is 0. The molecule has 0 saturated carbocycles. The normalized spacial score (nSPS) is 21.0. The van der Waals surface area contributed by atoms with E-state index >= 15 is 0 Å². The van der Waals surface area contributed by atoms with Crippen LogP contribution in [0.4, 0.5) is 13.2 Å². The van der Waals surface area contributed by atoms with Crippen molar-refractivity contribution in [2.45, 2.75) is 25.4 Å². The second-order valence-corrected chi connectivity index (χ2v) is 6.31. The lowest BCUT2D eigenvalue weighted by molar-refractivity contribution is -0.227. The van der Waals surface area contributed by atoms with E-state index in [2.05, 4.69) is 4.98 Å². The summed E-state index contributed by atoms with van der Waals surface area (Å²) in [6, 6.07) is 7.54. The Labute approximate surface area is 141 Å². The van der Waals surface area contributed by atoms with Gasteiger partial charge in [0.2, 0.25) is 5.91 Å². The Morgan fingerprint density at radius 3 is 2.64 bits per heavy atom. The molecule has 8 heteroatoms. The highest BCUT2D eigenvalue weighted by atomic mass is 19.4. The number of hydrogen-bond acceptors (Lipinski definition) is 2. The molecule has 2 heterocycles. The first-order valence-corrected chi connectivity index (χ1v) is 7.87. The Balaban J connectivity index is 1.67. The zero-order valence-electron chi connectivity index (χ0n) is 13.3. The first kappa shape index (κ1) is 17.3. The van der Waals surface area contributed by atoms with E-state index < -0.39 is 36.4 Å². The number of amides is 1. The highest BCUT2D eigenvalue weighted by Crippen LogP contribution is 2.45. The summed E-state index contributed by atoms with van der Waals surface area (Å²) in [5, 5.41) is 10.0. The first-order chi connectivity index (χ1) is 11.7. The second-order valence-electron chi connectivity index (χ2n) is 6.31. The van der Waals surface area contributed by atoms with Crippen molar-refractivity contribution in [3.8, 4) is 0 Å². The molecular weight excluding hydrogens is 337 g/mol. The van der Waals surface area contributed by atoms with Crippen LogP contribution in [0.2, 0.25) is 0 Å².